The lowest BCUT2D eigenvalue weighted by molar-refractivity contribution is 0.0988. The molecule has 0 saturated carbocycles. The molecule has 1 fully saturated rings. The Labute approximate surface area is 228 Å². The van der Waals surface area contributed by atoms with Crippen LogP contribution in [0.1, 0.15) is 34.7 Å². The van der Waals surface area contributed by atoms with E-state index in [4.69, 9.17) is 10.5 Å². The van der Waals surface area contributed by atoms with Gasteiger partial charge in [-0.1, -0.05) is 18.2 Å². The topological polar surface area (TPSA) is 112 Å². The standard InChI is InChI=1S/C28H28F3N7O2/c1-16-12-37(14-22(32)28(16)38-13-18(15-40-2)35-36-38)24-8-9-33-11-17(24)10-25(39)23-7-6-21(31)27(34-23)26-19(29)4-3-5-20(26)30/h3-9,11,13,16,22,28H,10,12,14-15,32H2,1-2H3/t16-,22+,28-/m0/s1. The van der Waals surface area contributed by atoms with Crippen molar-refractivity contribution in [2.75, 3.05) is 25.1 Å². The lowest BCUT2D eigenvalue weighted by Crippen LogP contribution is -2.53. The Morgan fingerprint density at radius 1 is 1.10 bits per heavy atom. The Kier molecular flexibility index (Phi) is 7.90. The number of piperidine rings is 1. The molecule has 0 radical (unpaired) electrons. The number of benzene rings is 1. The van der Waals surface area contributed by atoms with Crippen molar-refractivity contribution in [1.29, 1.82) is 0 Å². The van der Waals surface area contributed by atoms with Crippen LogP contribution in [0.25, 0.3) is 11.3 Å². The smallest absolute Gasteiger partial charge is 0.185 e. The fourth-order valence-electron chi connectivity index (χ4n) is 5.27. The summed E-state index contributed by atoms with van der Waals surface area (Å²) in [7, 11) is 1.59. The van der Waals surface area contributed by atoms with Gasteiger partial charge in [-0.2, -0.15) is 0 Å². The zero-order chi connectivity index (χ0) is 28.4. The van der Waals surface area contributed by atoms with Crippen LogP contribution < -0.4 is 10.6 Å². The van der Waals surface area contributed by atoms with Crippen molar-refractivity contribution in [3.05, 3.63) is 89.4 Å². The predicted molar refractivity (Wildman–Crippen MR) is 141 cm³/mol. The molecule has 5 rings (SSSR count). The van der Waals surface area contributed by atoms with E-state index in [1.165, 1.54) is 12.1 Å². The first-order valence-corrected chi connectivity index (χ1v) is 12.7. The van der Waals surface area contributed by atoms with Crippen LogP contribution in [0, 0.1) is 23.4 Å². The number of rotatable bonds is 8. The van der Waals surface area contributed by atoms with Gasteiger partial charge in [-0.25, -0.2) is 22.8 Å². The number of nitrogens with two attached hydrogens (primary N) is 1. The van der Waals surface area contributed by atoms with Gasteiger partial charge in [-0.15, -0.1) is 5.10 Å². The molecule has 3 atom stereocenters. The monoisotopic (exact) mass is 551 g/mol. The number of carbonyl (C=O) groups is 1. The summed E-state index contributed by atoms with van der Waals surface area (Å²) in [6, 6.07) is 6.82. The third kappa shape index (κ3) is 5.45. The Morgan fingerprint density at radius 3 is 2.60 bits per heavy atom. The summed E-state index contributed by atoms with van der Waals surface area (Å²) in [4.78, 5) is 23.5. The number of halogens is 3. The van der Waals surface area contributed by atoms with Crippen LogP contribution >= 0.6 is 0 Å². The average Bonchev–Trinajstić information content (AvgIpc) is 3.37. The minimum atomic E-state index is -0.972. The molecule has 12 heteroatoms. The fourth-order valence-corrected chi connectivity index (χ4v) is 5.27. The average molecular weight is 552 g/mol. The van der Waals surface area contributed by atoms with E-state index in [1.54, 1.807) is 24.2 Å². The number of aromatic nitrogens is 5. The third-order valence-electron chi connectivity index (χ3n) is 7.02. The van der Waals surface area contributed by atoms with Gasteiger partial charge < -0.3 is 15.4 Å². The van der Waals surface area contributed by atoms with Gasteiger partial charge in [0.25, 0.3) is 0 Å². The van der Waals surface area contributed by atoms with Crippen LogP contribution in [0.5, 0.6) is 0 Å². The molecule has 9 nitrogen and oxygen atoms in total. The van der Waals surface area contributed by atoms with E-state index in [-0.39, 0.29) is 30.1 Å². The first-order chi connectivity index (χ1) is 19.3. The number of ether oxygens (including phenoxy) is 1. The third-order valence-corrected chi connectivity index (χ3v) is 7.02. The number of hydrogen-bond acceptors (Lipinski definition) is 8. The highest BCUT2D eigenvalue weighted by atomic mass is 19.1. The van der Waals surface area contributed by atoms with Gasteiger partial charge in [0.15, 0.2) is 5.78 Å². The Morgan fingerprint density at radius 2 is 1.88 bits per heavy atom. The van der Waals surface area contributed by atoms with E-state index >= 15 is 0 Å². The zero-order valence-electron chi connectivity index (χ0n) is 22.0. The fraction of sp³-hybridized carbons (Fsp3) is 0.321. The number of pyridine rings is 2. The quantitative estimate of drug-likeness (QED) is 0.330. The molecule has 3 aromatic heterocycles. The summed E-state index contributed by atoms with van der Waals surface area (Å²) >= 11 is 0. The van der Waals surface area contributed by atoms with Crippen molar-refractivity contribution in [3.63, 3.8) is 0 Å². The first kappa shape index (κ1) is 27.4. The van der Waals surface area contributed by atoms with E-state index in [1.807, 2.05) is 12.3 Å². The number of anilines is 1. The van der Waals surface area contributed by atoms with Gasteiger partial charge in [0.2, 0.25) is 0 Å². The van der Waals surface area contributed by atoms with Gasteiger partial charge in [0, 0.05) is 56.3 Å². The molecule has 4 heterocycles. The van der Waals surface area contributed by atoms with Crippen molar-refractivity contribution < 1.29 is 22.7 Å². The minimum Gasteiger partial charge on any atom is -0.378 e. The molecule has 1 aromatic carbocycles. The predicted octanol–water partition coefficient (Wildman–Crippen LogP) is 3.75. The molecule has 208 valence electrons. The van der Waals surface area contributed by atoms with Gasteiger partial charge in [0.05, 0.1) is 24.4 Å². The number of methoxy groups -OCH3 is 1. The molecular formula is C28H28F3N7O2. The maximum Gasteiger partial charge on any atom is 0.185 e. The van der Waals surface area contributed by atoms with Gasteiger partial charge >= 0.3 is 0 Å². The molecule has 0 amide bonds. The SMILES string of the molecule is COCc1cn([C@@H]2[C@H](N)CN(c3ccncc3CC(=O)c3ccc(F)c(-c4c(F)cccc4F)n3)C[C@@H]2C)nn1. The van der Waals surface area contributed by atoms with Crippen molar-refractivity contribution in [2.45, 2.75) is 32.0 Å². The molecular weight excluding hydrogens is 523 g/mol. The second kappa shape index (κ2) is 11.5. The Hall–Kier alpha value is -4.16. The summed E-state index contributed by atoms with van der Waals surface area (Å²) < 4.78 is 50.1. The van der Waals surface area contributed by atoms with Crippen LogP contribution in [0.2, 0.25) is 0 Å². The van der Waals surface area contributed by atoms with Crippen molar-refractivity contribution in [2.24, 2.45) is 11.7 Å². The van der Waals surface area contributed by atoms with Crippen molar-refractivity contribution in [1.82, 2.24) is 25.0 Å². The van der Waals surface area contributed by atoms with Crippen LogP contribution in [-0.4, -0.2) is 57.0 Å². The van der Waals surface area contributed by atoms with Crippen LogP contribution in [0.15, 0.2) is 55.0 Å². The van der Waals surface area contributed by atoms with E-state index in [0.717, 1.165) is 29.6 Å². The molecule has 4 aromatic rings. The van der Waals surface area contributed by atoms with Gasteiger partial charge in [-0.3, -0.25) is 9.78 Å². The van der Waals surface area contributed by atoms with E-state index in [2.05, 4.69) is 32.1 Å². The summed E-state index contributed by atoms with van der Waals surface area (Å²) in [6.45, 7) is 3.56. The van der Waals surface area contributed by atoms with Gasteiger partial charge in [-0.05, 0) is 36.2 Å². The first-order valence-electron chi connectivity index (χ1n) is 12.7. The van der Waals surface area contributed by atoms with E-state index < -0.39 is 34.5 Å². The Bertz CT molecular complexity index is 1500. The highest BCUT2D eigenvalue weighted by molar-refractivity contribution is 5.97. The van der Waals surface area contributed by atoms with E-state index in [9.17, 15) is 18.0 Å². The second-order valence-electron chi connectivity index (χ2n) is 9.89. The normalized spacial score (nSPS) is 19.1. The molecule has 0 bridgehead atoms. The molecule has 0 unspecified atom stereocenters. The zero-order valence-corrected chi connectivity index (χ0v) is 22.0. The number of carbonyl (C=O) groups excluding carboxylic acids is 1. The number of hydrogen-bond donors (Lipinski definition) is 1. The molecule has 2 N–H and O–H groups in total. The lowest BCUT2D eigenvalue weighted by Gasteiger charge is -2.42. The van der Waals surface area contributed by atoms with Crippen molar-refractivity contribution >= 4 is 11.5 Å². The minimum absolute atomic E-state index is 0.0816. The maximum atomic E-state index is 14.5. The molecule has 1 aliphatic heterocycles. The lowest BCUT2D eigenvalue weighted by atomic mass is 9.89. The Balaban J connectivity index is 1.37. The summed E-state index contributed by atoms with van der Waals surface area (Å²) in [6.07, 6.45) is 4.96. The van der Waals surface area contributed by atoms with Crippen LogP contribution in [0.3, 0.4) is 0 Å². The molecule has 1 saturated heterocycles. The van der Waals surface area contributed by atoms with Crippen LogP contribution in [-0.2, 0) is 17.8 Å². The molecule has 1 aliphatic rings. The van der Waals surface area contributed by atoms with Crippen molar-refractivity contribution in [3.8, 4) is 11.3 Å². The van der Waals surface area contributed by atoms with Crippen LogP contribution in [0.4, 0.5) is 18.9 Å². The maximum absolute atomic E-state index is 14.5. The molecule has 0 aliphatic carbocycles. The summed E-state index contributed by atoms with van der Waals surface area (Å²) in [5, 5.41) is 8.39. The summed E-state index contributed by atoms with van der Waals surface area (Å²) in [5.41, 5.74) is 7.44. The highest BCUT2D eigenvalue weighted by Crippen LogP contribution is 2.32. The van der Waals surface area contributed by atoms with E-state index in [0.29, 0.717) is 25.3 Å². The number of nitrogens with zero attached hydrogens (tertiary/aromatic N) is 6. The molecule has 0 spiro atoms. The second-order valence-corrected chi connectivity index (χ2v) is 9.89. The number of Topliss-reactive ketones (excluding diaryl/α,β-unsaturated/α-hetero) is 1. The largest absolute Gasteiger partial charge is 0.378 e. The molecule has 40 heavy (non-hydrogen) atoms. The number of ketones is 1. The summed E-state index contributed by atoms with van der Waals surface area (Å²) in [5.74, 6) is -3.24. The van der Waals surface area contributed by atoms with Gasteiger partial charge in [0.1, 0.15) is 34.5 Å². The highest BCUT2D eigenvalue weighted by Gasteiger charge is 2.35.